The van der Waals surface area contributed by atoms with Crippen LogP contribution in [0.3, 0.4) is 0 Å². The Labute approximate surface area is 199 Å². The Morgan fingerprint density at radius 1 is 1.06 bits per heavy atom. The Balaban J connectivity index is 1.49. The van der Waals surface area contributed by atoms with E-state index in [1.807, 2.05) is 36.4 Å². The van der Waals surface area contributed by atoms with Gasteiger partial charge in [0.1, 0.15) is 10.9 Å². The van der Waals surface area contributed by atoms with Gasteiger partial charge in [0.2, 0.25) is 11.8 Å². The van der Waals surface area contributed by atoms with Crippen LogP contribution in [0.2, 0.25) is 0 Å². The van der Waals surface area contributed by atoms with E-state index in [9.17, 15) is 14.4 Å². The summed E-state index contributed by atoms with van der Waals surface area (Å²) in [4.78, 5) is 47.9. The number of nitrogens with zero attached hydrogens (tertiary/aromatic N) is 4. The highest BCUT2D eigenvalue weighted by atomic mass is 32.2. The van der Waals surface area contributed by atoms with Gasteiger partial charge in [-0.3, -0.25) is 19.3 Å². The first-order valence-electron chi connectivity index (χ1n) is 10.7. The number of nitrogens with one attached hydrogen (secondary N) is 2. The Bertz CT molecular complexity index is 1480. The van der Waals surface area contributed by atoms with Crippen molar-refractivity contribution >= 4 is 46.0 Å². The number of aromatic nitrogens is 4. The minimum atomic E-state index is -1.09. The van der Waals surface area contributed by atoms with Crippen molar-refractivity contribution in [2.75, 3.05) is 10.2 Å². The van der Waals surface area contributed by atoms with E-state index < -0.39 is 10.8 Å². The maximum atomic E-state index is 13.6. The fourth-order valence-corrected chi connectivity index (χ4v) is 4.79. The second kappa shape index (κ2) is 8.14. The summed E-state index contributed by atoms with van der Waals surface area (Å²) in [6, 6.07) is 16.6. The van der Waals surface area contributed by atoms with E-state index in [0.29, 0.717) is 27.6 Å². The van der Waals surface area contributed by atoms with Gasteiger partial charge in [-0.05, 0) is 45.0 Å². The second-order valence-corrected chi connectivity index (χ2v) is 9.79. The molecule has 2 aromatic heterocycles. The molecule has 1 unspecified atom stereocenters. The van der Waals surface area contributed by atoms with E-state index in [1.165, 1.54) is 11.1 Å². The number of anilines is 2. The molecular formula is C24H22N6O3S. The number of carbonyl (C=O) groups is 2. The lowest BCUT2D eigenvalue weighted by Gasteiger charge is -2.43. The van der Waals surface area contributed by atoms with Crippen molar-refractivity contribution in [3.05, 3.63) is 71.1 Å². The van der Waals surface area contributed by atoms with Crippen molar-refractivity contribution in [2.24, 2.45) is 0 Å². The number of amides is 2. The standard InChI is InChI=1S/C24H22N6O3S/c1-14(21(32)29-18-12-8-7-11-17(18)26-22(33)24(29,2)3)34-23-27-19-16(20(31)28-23)13-25-30(19)15-9-5-4-6-10-15/h4-14H,1-3H3,(H,26,33)(H,27,28,31). The average Bonchev–Trinajstić information content (AvgIpc) is 3.24. The minimum absolute atomic E-state index is 0.267. The van der Waals surface area contributed by atoms with Crippen LogP contribution in [-0.4, -0.2) is 42.4 Å². The van der Waals surface area contributed by atoms with E-state index >= 15 is 0 Å². The Morgan fingerprint density at radius 2 is 1.76 bits per heavy atom. The van der Waals surface area contributed by atoms with Gasteiger partial charge >= 0.3 is 0 Å². The summed E-state index contributed by atoms with van der Waals surface area (Å²) in [6.07, 6.45) is 1.48. The molecule has 4 aromatic rings. The van der Waals surface area contributed by atoms with E-state index in [4.69, 9.17) is 0 Å². The maximum absolute atomic E-state index is 13.6. The lowest BCUT2D eigenvalue weighted by molar-refractivity contribution is -0.126. The van der Waals surface area contributed by atoms with Crippen LogP contribution in [-0.2, 0) is 9.59 Å². The summed E-state index contributed by atoms with van der Waals surface area (Å²) in [7, 11) is 0. The zero-order valence-corrected chi connectivity index (χ0v) is 19.6. The van der Waals surface area contributed by atoms with Crippen molar-refractivity contribution in [1.82, 2.24) is 19.7 Å². The molecule has 3 heterocycles. The summed E-state index contributed by atoms with van der Waals surface area (Å²) in [6.45, 7) is 5.15. The van der Waals surface area contributed by atoms with E-state index in [1.54, 1.807) is 43.7 Å². The molecule has 0 saturated carbocycles. The number of benzene rings is 2. The number of carbonyl (C=O) groups excluding carboxylic acids is 2. The number of aromatic amines is 1. The highest BCUT2D eigenvalue weighted by Gasteiger charge is 2.44. The molecule has 1 aliphatic rings. The average molecular weight is 475 g/mol. The van der Waals surface area contributed by atoms with Gasteiger partial charge in [-0.25, -0.2) is 9.67 Å². The van der Waals surface area contributed by atoms with E-state index in [2.05, 4.69) is 20.4 Å². The third-order valence-corrected chi connectivity index (χ3v) is 6.75. The molecule has 34 heavy (non-hydrogen) atoms. The van der Waals surface area contributed by atoms with Gasteiger partial charge in [0, 0.05) is 0 Å². The number of hydrogen-bond acceptors (Lipinski definition) is 6. The fraction of sp³-hybridized carbons (Fsp3) is 0.208. The van der Waals surface area contributed by atoms with E-state index in [0.717, 1.165) is 17.4 Å². The number of para-hydroxylation sites is 3. The third kappa shape index (κ3) is 3.56. The van der Waals surface area contributed by atoms with Crippen LogP contribution in [0.4, 0.5) is 11.4 Å². The molecule has 10 heteroatoms. The molecule has 0 bridgehead atoms. The van der Waals surface area contributed by atoms with Gasteiger partial charge in [0.05, 0.1) is 28.5 Å². The fourth-order valence-electron chi connectivity index (χ4n) is 3.96. The Kier molecular flexibility index (Phi) is 5.24. The normalized spacial score (nSPS) is 15.6. The maximum Gasteiger partial charge on any atom is 0.262 e. The largest absolute Gasteiger partial charge is 0.322 e. The molecule has 1 atom stereocenters. The molecule has 5 rings (SSSR count). The lowest BCUT2D eigenvalue weighted by Crippen LogP contribution is -2.60. The summed E-state index contributed by atoms with van der Waals surface area (Å²) in [5.41, 5.74) is 0.961. The summed E-state index contributed by atoms with van der Waals surface area (Å²) >= 11 is 1.13. The first-order valence-corrected chi connectivity index (χ1v) is 11.6. The van der Waals surface area contributed by atoms with Crippen molar-refractivity contribution in [3.8, 4) is 5.69 Å². The van der Waals surface area contributed by atoms with Crippen LogP contribution < -0.4 is 15.8 Å². The highest BCUT2D eigenvalue weighted by molar-refractivity contribution is 8.00. The van der Waals surface area contributed by atoms with Gasteiger partial charge < -0.3 is 10.3 Å². The van der Waals surface area contributed by atoms with Crippen LogP contribution in [0, 0.1) is 0 Å². The molecule has 0 aliphatic carbocycles. The van der Waals surface area contributed by atoms with Crippen molar-refractivity contribution in [1.29, 1.82) is 0 Å². The third-order valence-electron chi connectivity index (χ3n) is 5.78. The zero-order chi connectivity index (χ0) is 24.0. The van der Waals surface area contributed by atoms with Crippen molar-refractivity contribution in [3.63, 3.8) is 0 Å². The molecule has 2 N–H and O–H groups in total. The number of thioether (sulfide) groups is 1. The quantitative estimate of drug-likeness (QED) is 0.346. The van der Waals surface area contributed by atoms with E-state index in [-0.39, 0.29) is 17.4 Å². The summed E-state index contributed by atoms with van der Waals surface area (Å²) < 4.78 is 1.59. The van der Waals surface area contributed by atoms with Crippen LogP contribution >= 0.6 is 11.8 Å². The van der Waals surface area contributed by atoms with Gasteiger partial charge in [-0.15, -0.1) is 0 Å². The molecule has 2 aromatic carbocycles. The van der Waals surface area contributed by atoms with Crippen LogP contribution in [0.15, 0.2) is 70.7 Å². The van der Waals surface area contributed by atoms with Crippen LogP contribution in [0.5, 0.6) is 0 Å². The Hall–Kier alpha value is -3.92. The predicted molar refractivity (Wildman–Crippen MR) is 131 cm³/mol. The topological polar surface area (TPSA) is 113 Å². The predicted octanol–water partition coefficient (Wildman–Crippen LogP) is 3.35. The number of fused-ring (bicyclic) bond motifs is 2. The monoisotopic (exact) mass is 474 g/mol. The highest BCUT2D eigenvalue weighted by Crippen LogP contribution is 2.38. The molecule has 172 valence electrons. The summed E-state index contributed by atoms with van der Waals surface area (Å²) in [5, 5.41) is 7.19. The van der Waals surface area contributed by atoms with Gasteiger partial charge in [0.15, 0.2) is 10.8 Å². The van der Waals surface area contributed by atoms with Crippen LogP contribution in [0.1, 0.15) is 20.8 Å². The first-order chi connectivity index (χ1) is 16.3. The van der Waals surface area contributed by atoms with Crippen molar-refractivity contribution < 1.29 is 9.59 Å². The van der Waals surface area contributed by atoms with Gasteiger partial charge in [-0.2, -0.15) is 5.10 Å². The minimum Gasteiger partial charge on any atom is -0.322 e. The molecule has 1 aliphatic heterocycles. The lowest BCUT2D eigenvalue weighted by atomic mass is 9.96. The first kappa shape index (κ1) is 21.9. The molecule has 0 fully saturated rings. The molecule has 0 radical (unpaired) electrons. The van der Waals surface area contributed by atoms with Gasteiger partial charge in [-0.1, -0.05) is 42.1 Å². The second-order valence-electron chi connectivity index (χ2n) is 8.46. The zero-order valence-electron chi connectivity index (χ0n) is 18.8. The molecular weight excluding hydrogens is 452 g/mol. The number of H-pyrrole nitrogens is 1. The molecule has 0 saturated heterocycles. The van der Waals surface area contributed by atoms with Crippen LogP contribution in [0.25, 0.3) is 16.7 Å². The number of hydrogen-bond donors (Lipinski definition) is 2. The SMILES string of the molecule is CC(Sc1nc2c(cnn2-c2ccccc2)c(=O)[nH]1)C(=O)N1c2ccccc2NC(=O)C1(C)C. The molecule has 0 spiro atoms. The Morgan fingerprint density at radius 3 is 2.53 bits per heavy atom. The molecule has 9 nitrogen and oxygen atoms in total. The summed E-state index contributed by atoms with van der Waals surface area (Å²) in [5.74, 6) is -0.534. The molecule has 2 amide bonds. The van der Waals surface area contributed by atoms with Crippen molar-refractivity contribution in [2.45, 2.75) is 36.7 Å². The van der Waals surface area contributed by atoms with Gasteiger partial charge in [0.25, 0.3) is 5.56 Å². The smallest absolute Gasteiger partial charge is 0.262 e. The number of rotatable bonds is 4.